The molecular weight excluding hydrogens is 304 g/mol. The highest BCUT2D eigenvalue weighted by Crippen LogP contribution is 2.24. The van der Waals surface area contributed by atoms with Crippen molar-refractivity contribution in [2.75, 3.05) is 6.61 Å². The van der Waals surface area contributed by atoms with Gasteiger partial charge in [0.05, 0.1) is 11.5 Å². The summed E-state index contributed by atoms with van der Waals surface area (Å²) in [6.45, 7) is 0.386. The van der Waals surface area contributed by atoms with Gasteiger partial charge in [-0.25, -0.2) is 11.0 Å². The summed E-state index contributed by atoms with van der Waals surface area (Å²) in [6.07, 6.45) is 2.46. The molecule has 2 rings (SSSR count). The van der Waals surface area contributed by atoms with Gasteiger partial charge in [0.15, 0.2) is 0 Å². The number of hydrogen-bond acceptors (Lipinski definition) is 5. The van der Waals surface area contributed by atoms with Crippen molar-refractivity contribution in [3.8, 4) is 0 Å². The normalized spacial score (nSPS) is 10.6. The van der Waals surface area contributed by atoms with Crippen LogP contribution in [0.3, 0.4) is 0 Å². The Labute approximate surface area is 132 Å². The van der Waals surface area contributed by atoms with Crippen LogP contribution in [0.5, 0.6) is 0 Å². The Balaban J connectivity index is 1.64. The van der Waals surface area contributed by atoms with Gasteiger partial charge < -0.3 is 0 Å². The average Bonchev–Trinajstić information content (AvgIpc) is 2.97. The van der Waals surface area contributed by atoms with Gasteiger partial charge in [0.2, 0.25) is 5.91 Å². The van der Waals surface area contributed by atoms with E-state index in [1.807, 2.05) is 30.3 Å². The van der Waals surface area contributed by atoms with Crippen molar-refractivity contribution in [2.24, 2.45) is 0 Å². The Hall–Kier alpha value is -1.96. The number of benzene rings is 1. The van der Waals surface area contributed by atoms with E-state index in [9.17, 15) is 9.59 Å². The molecule has 1 aromatic carbocycles. The fourth-order valence-corrected chi connectivity index (χ4v) is 2.90. The quantitative estimate of drug-likeness (QED) is 0.396. The zero-order valence-electron chi connectivity index (χ0n) is 12.0. The summed E-state index contributed by atoms with van der Waals surface area (Å²) in [5.74, 6) is -0.639. The molecule has 118 valence electrons. The van der Waals surface area contributed by atoms with Crippen LogP contribution in [0, 0.1) is 0 Å². The number of rotatable bonds is 8. The molecule has 0 atom stereocenters. The fourth-order valence-electron chi connectivity index (χ4n) is 1.95. The highest BCUT2D eigenvalue weighted by Gasteiger charge is 2.09. The predicted octanol–water partition coefficient (Wildman–Crippen LogP) is 2.63. The van der Waals surface area contributed by atoms with Crippen LogP contribution in [0.2, 0.25) is 0 Å². The molecule has 0 fully saturated rings. The molecule has 0 bridgehead atoms. The minimum Gasteiger partial charge on any atom is -0.289 e. The molecule has 0 spiro atoms. The molecule has 7 heteroatoms. The molecule has 22 heavy (non-hydrogen) atoms. The summed E-state index contributed by atoms with van der Waals surface area (Å²) in [5, 5.41) is 9.37. The van der Waals surface area contributed by atoms with E-state index in [2.05, 4.69) is 5.48 Å². The molecular formula is C15H18N2O4S. The summed E-state index contributed by atoms with van der Waals surface area (Å²) >= 11 is 1.42. The third-order valence-electron chi connectivity index (χ3n) is 3.09. The third kappa shape index (κ3) is 4.80. The standard InChI is InChI=1S/C15H18N2O4S/c18-14(16-20)8-2-1-5-9-21-17-15(19)13-10-11-6-3-4-7-12(11)22-13/h3-4,6-7,10,20H,1-2,5,8-9H2,(H,16,18)(H,17,19). The topological polar surface area (TPSA) is 87.7 Å². The second-order valence-electron chi connectivity index (χ2n) is 4.77. The molecule has 0 aliphatic rings. The lowest BCUT2D eigenvalue weighted by Crippen LogP contribution is -2.23. The maximum atomic E-state index is 11.9. The average molecular weight is 322 g/mol. The van der Waals surface area contributed by atoms with Crippen molar-refractivity contribution in [3.05, 3.63) is 35.2 Å². The van der Waals surface area contributed by atoms with E-state index < -0.39 is 0 Å². The van der Waals surface area contributed by atoms with E-state index in [4.69, 9.17) is 10.0 Å². The molecule has 0 radical (unpaired) electrons. The fraction of sp³-hybridized carbons (Fsp3) is 0.333. The van der Waals surface area contributed by atoms with E-state index in [0.29, 0.717) is 17.9 Å². The number of carbonyl (C=O) groups excluding carboxylic acids is 2. The molecule has 0 aliphatic carbocycles. The number of thiophene rings is 1. The Bertz CT molecular complexity index is 608. The number of hydroxylamine groups is 2. The predicted molar refractivity (Wildman–Crippen MR) is 83.6 cm³/mol. The highest BCUT2D eigenvalue weighted by molar-refractivity contribution is 7.20. The Morgan fingerprint density at radius 2 is 2.00 bits per heavy atom. The maximum absolute atomic E-state index is 11.9. The van der Waals surface area contributed by atoms with Gasteiger partial charge in [-0.2, -0.15) is 0 Å². The smallest absolute Gasteiger partial charge is 0.284 e. The lowest BCUT2D eigenvalue weighted by molar-refractivity contribution is -0.129. The van der Waals surface area contributed by atoms with Crippen molar-refractivity contribution in [3.63, 3.8) is 0 Å². The van der Waals surface area contributed by atoms with Gasteiger partial charge in [0.25, 0.3) is 5.91 Å². The molecule has 1 heterocycles. The van der Waals surface area contributed by atoms with Crippen molar-refractivity contribution in [1.82, 2.24) is 11.0 Å². The second-order valence-corrected chi connectivity index (χ2v) is 5.86. The number of amides is 2. The molecule has 2 aromatic rings. The number of carbonyl (C=O) groups is 2. The van der Waals surface area contributed by atoms with Crippen LogP contribution in [0.25, 0.3) is 10.1 Å². The van der Waals surface area contributed by atoms with Gasteiger partial charge in [-0.3, -0.25) is 19.6 Å². The molecule has 3 N–H and O–H groups in total. The summed E-state index contributed by atoms with van der Waals surface area (Å²) in [6, 6.07) is 9.65. The Morgan fingerprint density at radius 3 is 2.77 bits per heavy atom. The largest absolute Gasteiger partial charge is 0.289 e. The van der Waals surface area contributed by atoms with E-state index in [1.165, 1.54) is 11.3 Å². The number of fused-ring (bicyclic) bond motifs is 1. The second kappa shape index (κ2) is 8.47. The summed E-state index contributed by atoms with van der Waals surface area (Å²) < 4.78 is 1.06. The summed E-state index contributed by atoms with van der Waals surface area (Å²) in [4.78, 5) is 28.4. The maximum Gasteiger partial charge on any atom is 0.284 e. The molecule has 2 amide bonds. The van der Waals surface area contributed by atoms with E-state index in [1.54, 1.807) is 5.48 Å². The molecule has 1 aromatic heterocycles. The van der Waals surface area contributed by atoms with Crippen LogP contribution >= 0.6 is 11.3 Å². The summed E-state index contributed by atoms with van der Waals surface area (Å²) in [7, 11) is 0. The van der Waals surface area contributed by atoms with Gasteiger partial charge in [0, 0.05) is 11.1 Å². The minimum absolute atomic E-state index is 0.249. The van der Waals surface area contributed by atoms with Crippen LogP contribution < -0.4 is 11.0 Å². The van der Waals surface area contributed by atoms with Crippen LogP contribution in [-0.2, 0) is 9.63 Å². The van der Waals surface area contributed by atoms with E-state index in [-0.39, 0.29) is 18.2 Å². The van der Waals surface area contributed by atoms with Crippen LogP contribution in [0.1, 0.15) is 35.4 Å². The first-order chi connectivity index (χ1) is 10.7. The number of unbranched alkanes of at least 4 members (excludes halogenated alkanes) is 2. The first-order valence-corrected chi connectivity index (χ1v) is 7.86. The third-order valence-corrected chi connectivity index (χ3v) is 4.20. The first-order valence-electron chi connectivity index (χ1n) is 7.04. The van der Waals surface area contributed by atoms with Crippen LogP contribution in [0.15, 0.2) is 30.3 Å². The van der Waals surface area contributed by atoms with Gasteiger partial charge in [0.1, 0.15) is 0 Å². The van der Waals surface area contributed by atoms with Crippen molar-refractivity contribution in [2.45, 2.75) is 25.7 Å². The van der Waals surface area contributed by atoms with Crippen molar-refractivity contribution < 1.29 is 19.6 Å². The lowest BCUT2D eigenvalue weighted by atomic mass is 10.2. The SMILES string of the molecule is O=C(CCCCCONC(=O)c1cc2ccccc2s1)NO. The molecule has 0 aliphatic heterocycles. The monoisotopic (exact) mass is 322 g/mol. The Morgan fingerprint density at radius 1 is 1.18 bits per heavy atom. The first kappa shape index (κ1) is 16.4. The molecule has 0 saturated carbocycles. The molecule has 0 saturated heterocycles. The van der Waals surface area contributed by atoms with Gasteiger partial charge >= 0.3 is 0 Å². The van der Waals surface area contributed by atoms with Crippen LogP contribution in [-0.4, -0.2) is 23.6 Å². The Kier molecular flexibility index (Phi) is 6.32. The number of hydrogen-bond donors (Lipinski definition) is 3. The van der Waals surface area contributed by atoms with Crippen LogP contribution in [0.4, 0.5) is 0 Å². The van der Waals surface area contributed by atoms with E-state index in [0.717, 1.165) is 22.9 Å². The van der Waals surface area contributed by atoms with E-state index >= 15 is 0 Å². The van der Waals surface area contributed by atoms with Gasteiger partial charge in [-0.1, -0.05) is 24.6 Å². The number of nitrogens with one attached hydrogen (secondary N) is 2. The van der Waals surface area contributed by atoms with Crippen molar-refractivity contribution >= 4 is 33.2 Å². The zero-order valence-corrected chi connectivity index (χ0v) is 12.8. The zero-order chi connectivity index (χ0) is 15.8. The van der Waals surface area contributed by atoms with Crippen molar-refractivity contribution in [1.29, 1.82) is 0 Å². The lowest BCUT2D eigenvalue weighted by Gasteiger charge is -2.04. The van der Waals surface area contributed by atoms with Gasteiger partial charge in [-0.15, -0.1) is 11.3 Å². The summed E-state index contributed by atoms with van der Waals surface area (Å²) in [5.41, 5.74) is 4.01. The highest BCUT2D eigenvalue weighted by atomic mass is 32.1. The minimum atomic E-state index is -0.390. The molecule has 6 nitrogen and oxygen atoms in total. The molecule has 0 unspecified atom stereocenters. The van der Waals surface area contributed by atoms with Gasteiger partial charge in [-0.05, 0) is 30.4 Å².